The number of nitrogens with two attached hydrogens (primary N) is 1. The van der Waals surface area contributed by atoms with Crippen molar-refractivity contribution >= 4 is 44.3 Å². The first-order valence-corrected chi connectivity index (χ1v) is 8.40. The number of hydrogen-bond acceptors (Lipinski definition) is 6. The molecule has 0 fully saturated rings. The minimum absolute atomic E-state index is 0.106. The molecule has 0 radical (unpaired) electrons. The van der Waals surface area contributed by atoms with Gasteiger partial charge in [-0.2, -0.15) is 0 Å². The van der Waals surface area contributed by atoms with Gasteiger partial charge in [-0.25, -0.2) is 8.42 Å². The van der Waals surface area contributed by atoms with Crippen molar-refractivity contribution in [2.24, 2.45) is 0 Å². The number of methoxy groups -OCH3 is 2. The predicted octanol–water partition coefficient (Wildman–Crippen LogP) is 2.80. The van der Waals surface area contributed by atoms with Gasteiger partial charge in [0.15, 0.2) is 0 Å². The summed E-state index contributed by atoms with van der Waals surface area (Å²) < 4.78 is 37.3. The molecule has 21 heavy (non-hydrogen) atoms. The summed E-state index contributed by atoms with van der Waals surface area (Å²) in [5.74, 6) is 0.682. The number of nitrogens with one attached hydrogen (secondary N) is 1. The average molecular weight is 349 g/mol. The van der Waals surface area contributed by atoms with E-state index in [2.05, 4.69) is 4.72 Å². The lowest BCUT2D eigenvalue weighted by Crippen LogP contribution is -2.12. The zero-order valence-electron chi connectivity index (χ0n) is 11.2. The van der Waals surface area contributed by atoms with Crippen LogP contribution in [0.1, 0.15) is 0 Å². The Morgan fingerprint density at radius 1 is 1.19 bits per heavy atom. The van der Waals surface area contributed by atoms with E-state index in [1.807, 2.05) is 0 Å². The van der Waals surface area contributed by atoms with Crippen LogP contribution in [-0.4, -0.2) is 22.6 Å². The molecule has 0 spiro atoms. The van der Waals surface area contributed by atoms with E-state index >= 15 is 0 Å². The van der Waals surface area contributed by atoms with Gasteiger partial charge in [0, 0.05) is 17.1 Å². The molecule has 0 aliphatic rings. The first-order chi connectivity index (χ1) is 9.87. The van der Waals surface area contributed by atoms with E-state index in [1.165, 1.54) is 32.4 Å². The third kappa shape index (κ3) is 3.34. The van der Waals surface area contributed by atoms with Gasteiger partial charge in [-0.15, -0.1) is 11.3 Å². The van der Waals surface area contributed by atoms with E-state index in [-0.39, 0.29) is 14.9 Å². The van der Waals surface area contributed by atoms with Crippen molar-refractivity contribution in [1.82, 2.24) is 0 Å². The van der Waals surface area contributed by atoms with Crippen LogP contribution in [-0.2, 0) is 10.0 Å². The zero-order chi connectivity index (χ0) is 15.6. The van der Waals surface area contributed by atoms with Crippen LogP contribution in [0, 0.1) is 0 Å². The number of anilines is 2. The van der Waals surface area contributed by atoms with Crippen LogP contribution in [0.25, 0.3) is 0 Å². The van der Waals surface area contributed by atoms with Crippen molar-refractivity contribution < 1.29 is 17.9 Å². The van der Waals surface area contributed by atoms with Crippen LogP contribution in [0.15, 0.2) is 27.8 Å². The average Bonchev–Trinajstić information content (AvgIpc) is 2.86. The van der Waals surface area contributed by atoms with E-state index in [0.29, 0.717) is 17.2 Å². The van der Waals surface area contributed by atoms with E-state index < -0.39 is 10.0 Å². The molecule has 2 rings (SSSR count). The van der Waals surface area contributed by atoms with Gasteiger partial charge in [-0.1, -0.05) is 11.6 Å². The Balaban J connectivity index is 2.41. The van der Waals surface area contributed by atoms with Crippen molar-refractivity contribution in [3.8, 4) is 11.5 Å². The summed E-state index contributed by atoms with van der Waals surface area (Å²) in [5.41, 5.74) is 6.15. The van der Waals surface area contributed by atoms with Crippen molar-refractivity contribution in [2.45, 2.75) is 4.21 Å². The Kier molecular flexibility index (Phi) is 4.50. The Morgan fingerprint density at radius 2 is 1.86 bits per heavy atom. The van der Waals surface area contributed by atoms with Crippen molar-refractivity contribution in [3.05, 3.63) is 28.6 Å². The molecule has 9 heteroatoms. The smallest absolute Gasteiger partial charge is 0.271 e. The number of thiophene rings is 1. The quantitative estimate of drug-likeness (QED) is 0.867. The highest BCUT2D eigenvalue weighted by Crippen LogP contribution is 2.37. The van der Waals surface area contributed by atoms with Gasteiger partial charge in [0.25, 0.3) is 10.0 Å². The van der Waals surface area contributed by atoms with Gasteiger partial charge in [-0.3, -0.25) is 4.72 Å². The van der Waals surface area contributed by atoms with Crippen molar-refractivity contribution in [3.63, 3.8) is 0 Å². The van der Waals surface area contributed by atoms with E-state index in [0.717, 1.165) is 11.3 Å². The fourth-order valence-electron chi connectivity index (χ4n) is 1.61. The maximum atomic E-state index is 12.3. The monoisotopic (exact) mass is 348 g/mol. The minimum Gasteiger partial charge on any atom is -0.495 e. The molecule has 0 amide bonds. The highest BCUT2D eigenvalue weighted by atomic mass is 35.5. The van der Waals surface area contributed by atoms with Crippen molar-refractivity contribution in [2.75, 3.05) is 24.7 Å². The Bertz CT molecular complexity index is 759. The van der Waals surface area contributed by atoms with Gasteiger partial charge in [0.2, 0.25) is 0 Å². The third-order valence-electron chi connectivity index (χ3n) is 2.58. The largest absolute Gasteiger partial charge is 0.495 e. The van der Waals surface area contributed by atoms with E-state index in [9.17, 15) is 8.42 Å². The molecule has 0 bridgehead atoms. The number of halogens is 1. The highest BCUT2D eigenvalue weighted by molar-refractivity contribution is 7.94. The van der Waals surface area contributed by atoms with Crippen LogP contribution in [0.3, 0.4) is 0 Å². The lowest BCUT2D eigenvalue weighted by Gasteiger charge is -2.13. The van der Waals surface area contributed by atoms with E-state index in [4.69, 9.17) is 26.8 Å². The standard InChI is InChI=1S/C12H13ClN2O4S2/c1-18-10-5-11(19-2)9(4-8(10)13)15-21(16,17)12-3-7(14)6-20-12/h3-6,15H,14H2,1-2H3. The van der Waals surface area contributed by atoms with Gasteiger partial charge in [0.05, 0.1) is 24.9 Å². The van der Waals surface area contributed by atoms with Crippen LogP contribution >= 0.6 is 22.9 Å². The zero-order valence-corrected chi connectivity index (χ0v) is 13.6. The number of benzene rings is 1. The number of ether oxygens (including phenoxy) is 2. The van der Waals surface area contributed by atoms with Crippen LogP contribution in [0.4, 0.5) is 11.4 Å². The minimum atomic E-state index is -3.75. The summed E-state index contributed by atoms with van der Waals surface area (Å²) in [7, 11) is -0.875. The molecule has 1 heterocycles. The third-order valence-corrected chi connectivity index (χ3v) is 5.70. The van der Waals surface area contributed by atoms with Crippen LogP contribution in [0.2, 0.25) is 5.02 Å². The van der Waals surface area contributed by atoms with Gasteiger partial charge >= 0.3 is 0 Å². The second-order valence-corrected chi connectivity index (χ2v) is 7.22. The lowest BCUT2D eigenvalue weighted by atomic mass is 10.3. The second-order valence-electron chi connectivity index (χ2n) is 3.99. The van der Waals surface area contributed by atoms with E-state index in [1.54, 1.807) is 5.38 Å². The first kappa shape index (κ1) is 15.7. The highest BCUT2D eigenvalue weighted by Gasteiger charge is 2.20. The fourth-order valence-corrected chi connectivity index (χ4v) is 3.99. The summed E-state index contributed by atoms with van der Waals surface area (Å²) in [5, 5.41) is 1.81. The molecule has 1 aromatic heterocycles. The number of sulfonamides is 1. The molecule has 0 atom stereocenters. The molecule has 0 saturated carbocycles. The second kappa shape index (κ2) is 6.00. The summed E-state index contributed by atoms with van der Waals surface area (Å²) in [6, 6.07) is 4.31. The summed E-state index contributed by atoms with van der Waals surface area (Å²) in [4.78, 5) is 0. The number of rotatable bonds is 5. The Hall–Kier alpha value is -1.64. The number of nitrogen functional groups attached to an aromatic ring is 1. The molecule has 1 aromatic carbocycles. The van der Waals surface area contributed by atoms with Crippen LogP contribution in [0.5, 0.6) is 11.5 Å². The predicted molar refractivity (Wildman–Crippen MR) is 84.1 cm³/mol. The molecule has 6 nitrogen and oxygen atoms in total. The van der Waals surface area contributed by atoms with Crippen LogP contribution < -0.4 is 19.9 Å². The lowest BCUT2D eigenvalue weighted by molar-refractivity contribution is 0.396. The Labute approximate surface area is 131 Å². The molecular formula is C12H13ClN2O4S2. The molecule has 2 aromatic rings. The first-order valence-electron chi connectivity index (χ1n) is 5.65. The topological polar surface area (TPSA) is 90.6 Å². The maximum Gasteiger partial charge on any atom is 0.271 e. The molecule has 0 aliphatic carbocycles. The summed E-state index contributed by atoms with van der Waals surface area (Å²) in [6.45, 7) is 0. The van der Waals surface area contributed by atoms with Crippen molar-refractivity contribution in [1.29, 1.82) is 0 Å². The maximum absolute atomic E-state index is 12.3. The van der Waals surface area contributed by atoms with Gasteiger partial charge < -0.3 is 15.2 Å². The molecule has 0 unspecified atom stereocenters. The fraction of sp³-hybridized carbons (Fsp3) is 0.167. The molecule has 0 aliphatic heterocycles. The SMILES string of the molecule is COc1cc(OC)c(NS(=O)(=O)c2cc(N)cs2)cc1Cl. The van der Waals surface area contributed by atoms with Gasteiger partial charge in [-0.05, 0) is 12.1 Å². The summed E-state index contributed by atoms with van der Waals surface area (Å²) in [6.07, 6.45) is 0. The normalized spacial score (nSPS) is 11.2. The molecular weight excluding hydrogens is 336 g/mol. The Morgan fingerprint density at radius 3 is 2.38 bits per heavy atom. The molecule has 0 saturated heterocycles. The molecule has 114 valence electrons. The molecule has 3 N–H and O–H groups in total. The number of hydrogen-bond donors (Lipinski definition) is 2. The summed E-state index contributed by atoms with van der Waals surface area (Å²) >= 11 is 7.03. The van der Waals surface area contributed by atoms with Gasteiger partial charge in [0.1, 0.15) is 15.7 Å².